The van der Waals surface area contributed by atoms with Gasteiger partial charge in [0.25, 0.3) is 0 Å². The van der Waals surface area contributed by atoms with E-state index in [0.29, 0.717) is 42.1 Å². The number of carbonyl (C=O) groups excluding carboxylic acids is 1. The number of pyridine rings is 2. The molecule has 2 fully saturated rings. The van der Waals surface area contributed by atoms with E-state index in [2.05, 4.69) is 20.2 Å². The zero-order valence-electron chi connectivity index (χ0n) is 28.2. The van der Waals surface area contributed by atoms with Crippen LogP contribution in [-0.2, 0) is 28.0 Å². The first kappa shape index (κ1) is 35.3. The van der Waals surface area contributed by atoms with Crippen LogP contribution in [-0.4, -0.2) is 75.3 Å². The van der Waals surface area contributed by atoms with E-state index in [-0.39, 0.29) is 34.0 Å². The van der Waals surface area contributed by atoms with Crippen molar-refractivity contribution >= 4 is 50.0 Å². The Morgan fingerprint density at radius 1 is 1.02 bits per heavy atom. The van der Waals surface area contributed by atoms with E-state index in [1.807, 2.05) is 60.3 Å². The molecular weight excluding hydrogens is 709 g/mol. The number of para-hydroxylation sites is 1. The van der Waals surface area contributed by atoms with Crippen LogP contribution >= 0.6 is 23.2 Å². The molecule has 266 valence electrons. The molecule has 1 amide bonds. The third-order valence-electron chi connectivity index (χ3n) is 9.69. The molecule has 0 spiro atoms. The number of hydrogen-bond acceptors (Lipinski definition) is 8. The van der Waals surface area contributed by atoms with Crippen LogP contribution in [0.1, 0.15) is 42.6 Å². The predicted octanol–water partition coefficient (Wildman–Crippen LogP) is 6.19. The lowest BCUT2D eigenvalue weighted by Crippen LogP contribution is -2.47. The molecule has 2 aromatic carbocycles. The molecule has 0 radical (unpaired) electrons. The minimum Gasteiger partial charge on any atom is -0.487 e. The average molecular weight is 749 g/mol. The summed E-state index contributed by atoms with van der Waals surface area (Å²) in [5, 5.41) is 4.15. The molecule has 5 aromatic rings. The van der Waals surface area contributed by atoms with Crippen LogP contribution in [0.4, 0.5) is 0 Å². The van der Waals surface area contributed by atoms with E-state index in [1.165, 1.54) is 16.4 Å². The summed E-state index contributed by atoms with van der Waals surface area (Å²) >= 11 is 13.4. The second-order valence-corrected chi connectivity index (χ2v) is 15.7. The van der Waals surface area contributed by atoms with Crippen molar-refractivity contribution < 1.29 is 17.9 Å². The van der Waals surface area contributed by atoms with E-state index in [9.17, 15) is 13.2 Å². The molecule has 2 saturated heterocycles. The summed E-state index contributed by atoms with van der Waals surface area (Å²) in [5.41, 5.74) is 3.70. The van der Waals surface area contributed by atoms with Gasteiger partial charge in [-0.15, -0.1) is 0 Å². The van der Waals surface area contributed by atoms with Crippen molar-refractivity contribution in [3.8, 4) is 11.4 Å². The van der Waals surface area contributed by atoms with E-state index in [4.69, 9.17) is 32.9 Å². The molecule has 5 heterocycles. The molecule has 1 unspecified atom stereocenters. The first-order chi connectivity index (χ1) is 24.7. The largest absolute Gasteiger partial charge is 0.487 e. The topological polar surface area (TPSA) is 123 Å². The van der Waals surface area contributed by atoms with Crippen molar-refractivity contribution in [3.63, 3.8) is 0 Å². The van der Waals surface area contributed by atoms with Gasteiger partial charge in [0.05, 0.1) is 22.7 Å². The Balaban J connectivity index is 1.02. The van der Waals surface area contributed by atoms with Crippen LogP contribution in [0.15, 0.2) is 84.4 Å². The fourth-order valence-electron chi connectivity index (χ4n) is 6.97. The maximum Gasteiger partial charge on any atom is 0.245 e. The number of nitrogens with one attached hydrogen (secondary N) is 1. The Bertz CT molecular complexity index is 2130. The van der Waals surface area contributed by atoms with Gasteiger partial charge in [0.1, 0.15) is 28.8 Å². The lowest BCUT2D eigenvalue weighted by atomic mass is 9.96. The van der Waals surface area contributed by atoms with Crippen molar-refractivity contribution in [2.45, 2.75) is 56.7 Å². The van der Waals surface area contributed by atoms with Gasteiger partial charge in [-0.05, 0) is 88.0 Å². The molecule has 14 heteroatoms. The Morgan fingerprint density at radius 2 is 1.86 bits per heavy atom. The van der Waals surface area contributed by atoms with E-state index >= 15 is 0 Å². The molecule has 2 aliphatic heterocycles. The fraction of sp³-hybridized carbons (Fsp3) is 0.351. The number of benzene rings is 2. The van der Waals surface area contributed by atoms with Crippen LogP contribution in [0.5, 0.6) is 5.75 Å². The number of imidazole rings is 1. The fourth-order valence-corrected chi connectivity index (χ4v) is 9.49. The number of rotatable bonds is 11. The Hall–Kier alpha value is -4.07. The smallest absolute Gasteiger partial charge is 0.245 e. The van der Waals surface area contributed by atoms with Crippen LogP contribution < -0.4 is 10.1 Å². The zero-order chi connectivity index (χ0) is 35.5. The molecule has 1 N–H and O–H groups in total. The van der Waals surface area contributed by atoms with Gasteiger partial charge >= 0.3 is 0 Å². The van der Waals surface area contributed by atoms with Crippen molar-refractivity contribution in [1.29, 1.82) is 0 Å². The Morgan fingerprint density at radius 3 is 2.63 bits per heavy atom. The highest BCUT2D eigenvalue weighted by molar-refractivity contribution is 7.89. The van der Waals surface area contributed by atoms with Gasteiger partial charge < -0.3 is 14.6 Å². The molecule has 1 atom stereocenters. The molecular formula is C37H39Cl2N7O4S. The molecule has 2 aliphatic rings. The number of piperidine rings is 1. The summed E-state index contributed by atoms with van der Waals surface area (Å²) in [6, 6.07) is 15.6. The Kier molecular flexibility index (Phi) is 10.6. The molecule has 3 aromatic heterocycles. The summed E-state index contributed by atoms with van der Waals surface area (Å²) in [6.45, 7) is 5.19. The SMILES string of the molecule is Cc1cc(-n2ccnc2)c2cccc(OCc3c(Cl)ccc(S(=O)(=O)N4CCCC4C(=O)NCC4CCN(Cc5ccccn5)CC4)c3Cl)c2n1. The number of hydrogen-bond donors (Lipinski definition) is 1. The minimum atomic E-state index is -4.14. The number of ether oxygens (including phenoxy) is 1. The van der Waals surface area contributed by atoms with E-state index in [0.717, 1.165) is 54.9 Å². The summed E-state index contributed by atoms with van der Waals surface area (Å²) in [5.74, 6) is 0.537. The number of amides is 1. The van der Waals surface area contributed by atoms with Crippen LogP contribution in [0.3, 0.4) is 0 Å². The second kappa shape index (κ2) is 15.3. The average Bonchev–Trinajstić information content (AvgIpc) is 3.85. The third kappa shape index (κ3) is 7.61. The summed E-state index contributed by atoms with van der Waals surface area (Å²) < 4.78 is 37.6. The number of sulfonamides is 1. The maximum atomic E-state index is 14.1. The highest BCUT2D eigenvalue weighted by atomic mass is 35.5. The summed E-state index contributed by atoms with van der Waals surface area (Å²) in [7, 11) is -4.14. The standard InChI is InChI=1S/C37H39Cl2N7O4S/c1-25-20-32(45-19-15-40-24-45)28-7-4-9-33(36(28)43-25)50-23-29-30(38)10-11-34(35(29)39)51(48,49)46-16-5-8-31(46)37(47)42-21-26-12-17-44(18-13-26)22-27-6-2-3-14-41-27/h2-4,6-7,9-11,14-15,19-20,24,26,31H,5,8,12-13,16-18,21-23H2,1H3,(H,42,47). The monoisotopic (exact) mass is 747 g/mol. The number of carbonyl (C=O) groups is 1. The highest BCUT2D eigenvalue weighted by Gasteiger charge is 2.41. The molecule has 0 saturated carbocycles. The van der Waals surface area contributed by atoms with Crippen molar-refractivity contribution in [2.75, 3.05) is 26.2 Å². The van der Waals surface area contributed by atoms with Gasteiger partial charge in [-0.3, -0.25) is 14.7 Å². The quantitative estimate of drug-likeness (QED) is 0.170. The summed E-state index contributed by atoms with van der Waals surface area (Å²) in [4.78, 5) is 29.0. The maximum absolute atomic E-state index is 14.1. The molecule has 0 aliphatic carbocycles. The van der Waals surface area contributed by atoms with Gasteiger partial charge in [-0.1, -0.05) is 41.4 Å². The Labute approximate surface area is 307 Å². The van der Waals surface area contributed by atoms with Crippen molar-refractivity contribution in [3.05, 3.63) is 107 Å². The number of nitrogens with zero attached hydrogens (tertiary/aromatic N) is 6. The molecule has 7 rings (SSSR count). The van der Waals surface area contributed by atoms with Gasteiger partial charge in [-0.2, -0.15) is 4.31 Å². The van der Waals surface area contributed by atoms with E-state index in [1.54, 1.807) is 18.6 Å². The predicted molar refractivity (Wildman–Crippen MR) is 197 cm³/mol. The zero-order valence-corrected chi connectivity index (χ0v) is 30.5. The molecule has 11 nitrogen and oxygen atoms in total. The lowest BCUT2D eigenvalue weighted by molar-refractivity contribution is -0.124. The van der Waals surface area contributed by atoms with Gasteiger partial charge in [-0.25, -0.2) is 18.4 Å². The highest BCUT2D eigenvalue weighted by Crippen LogP contribution is 2.37. The normalized spacial score (nSPS) is 17.6. The lowest BCUT2D eigenvalue weighted by Gasteiger charge is -2.32. The third-order valence-corrected chi connectivity index (χ3v) is 12.5. The number of aromatic nitrogens is 4. The number of fused-ring (bicyclic) bond motifs is 1. The molecule has 51 heavy (non-hydrogen) atoms. The van der Waals surface area contributed by atoms with Crippen molar-refractivity contribution in [2.24, 2.45) is 5.92 Å². The number of likely N-dealkylation sites (tertiary alicyclic amines) is 1. The van der Waals surface area contributed by atoms with Crippen molar-refractivity contribution in [1.82, 2.24) is 34.0 Å². The first-order valence-corrected chi connectivity index (χ1v) is 19.3. The van der Waals surface area contributed by atoms with Crippen LogP contribution in [0.2, 0.25) is 10.0 Å². The molecule has 0 bridgehead atoms. The van der Waals surface area contributed by atoms with Crippen LogP contribution in [0, 0.1) is 12.8 Å². The van der Waals surface area contributed by atoms with Gasteiger partial charge in [0.2, 0.25) is 15.9 Å². The summed E-state index contributed by atoms with van der Waals surface area (Å²) in [6.07, 6.45) is 10.00. The van der Waals surface area contributed by atoms with Gasteiger partial charge in [0, 0.05) is 59.9 Å². The second-order valence-electron chi connectivity index (χ2n) is 13.1. The van der Waals surface area contributed by atoms with E-state index < -0.39 is 16.1 Å². The van der Waals surface area contributed by atoms with Crippen LogP contribution in [0.25, 0.3) is 16.6 Å². The first-order valence-electron chi connectivity index (χ1n) is 17.1. The number of aryl methyl sites for hydroxylation is 1. The minimum absolute atomic E-state index is 0.0329. The van der Waals surface area contributed by atoms with Gasteiger partial charge in [0.15, 0.2) is 0 Å². The number of halogens is 2.